The molecule has 1 aliphatic rings. The summed E-state index contributed by atoms with van der Waals surface area (Å²) in [4.78, 5) is 0. The van der Waals surface area contributed by atoms with E-state index in [0.29, 0.717) is 0 Å². The second kappa shape index (κ2) is 3.62. The Hall–Kier alpha value is -0.740. The quantitative estimate of drug-likeness (QED) is 0.819. The summed E-state index contributed by atoms with van der Waals surface area (Å²) in [5.41, 5.74) is 4.97. The van der Waals surface area contributed by atoms with Crippen molar-refractivity contribution in [1.82, 2.24) is 0 Å². The minimum atomic E-state index is -4.39. The molecule has 2 rings (SSSR count). The van der Waals surface area contributed by atoms with Gasteiger partial charge in [0.15, 0.2) is 0 Å². The summed E-state index contributed by atoms with van der Waals surface area (Å²) in [6.45, 7) is 3.71. The molecule has 1 aromatic carbocycles. The second-order valence-corrected chi connectivity index (χ2v) is 5.43. The van der Waals surface area contributed by atoms with E-state index in [1.54, 1.807) is 0 Å². The van der Waals surface area contributed by atoms with Crippen LogP contribution in [0.4, 0.5) is 13.2 Å². The van der Waals surface area contributed by atoms with Gasteiger partial charge in [0.2, 0.25) is 0 Å². The topological polar surface area (TPSA) is 26.0 Å². The number of halogens is 4. The molecule has 0 amide bonds. The highest BCUT2D eigenvalue weighted by Gasteiger charge is 2.58. The first kappa shape index (κ1) is 12.7. The summed E-state index contributed by atoms with van der Waals surface area (Å²) >= 11 is 5.91. The van der Waals surface area contributed by atoms with Crippen LogP contribution in [-0.2, 0) is 6.18 Å². The summed E-state index contributed by atoms with van der Waals surface area (Å²) in [5, 5.41) is 0.144. The monoisotopic (exact) mass is 263 g/mol. The van der Waals surface area contributed by atoms with E-state index in [2.05, 4.69) is 0 Å². The van der Waals surface area contributed by atoms with Gasteiger partial charge >= 0.3 is 6.18 Å². The van der Waals surface area contributed by atoms with Crippen LogP contribution in [0.1, 0.15) is 30.9 Å². The van der Waals surface area contributed by atoms with Gasteiger partial charge in [-0.25, -0.2) is 0 Å². The van der Waals surface area contributed by atoms with Gasteiger partial charge in [0.25, 0.3) is 0 Å². The van der Waals surface area contributed by atoms with Gasteiger partial charge in [0.05, 0.1) is 5.56 Å². The van der Waals surface area contributed by atoms with Crippen LogP contribution in [0.15, 0.2) is 18.2 Å². The third-order valence-electron chi connectivity index (χ3n) is 3.58. The summed E-state index contributed by atoms with van der Waals surface area (Å²) in [7, 11) is 0. The van der Waals surface area contributed by atoms with Gasteiger partial charge in [-0.1, -0.05) is 31.5 Å². The van der Waals surface area contributed by atoms with Crippen LogP contribution in [0.3, 0.4) is 0 Å². The Bertz CT molecular complexity index is 454. The van der Waals surface area contributed by atoms with Crippen molar-refractivity contribution in [3.8, 4) is 0 Å². The molecule has 1 saturated carbocycles. The van der Waals surface area contributed by atoms with Crippen molar-refractivity contribution in [2.24, 2.45) is 11.1 Å². The van der Waals surface area contributed by atoms with Gasteiger partial charge in [-0.15, -0.1) is 0 Å². The van der Waals surface area contributed by atoms with E-state index in [1.807, 2.05) is 13.8 Å². The van der Waals surface area contributed by atoms with Crippen LogP contribution in [0, 0.1) is 5.41 Å². The third kappa shape index (κ3) is 1.93. The van der Waals surface area contributed by atoms with Crippen LogP contribution in [-0.4, -0.2) is 6.04 Å². The Morgan fingerprint density at radius 2 is 1.82 bits per heavy atom. The van der Waals surface area contributed by atoms with E-state index in [9.17, 15) is 13.2 Å². The van der Waals surface area contributed by atoms with Crippen LogP contribution >= 0.6 is 11.6 Å². The van der Waals surface area contributed by atoms with Crippen molar-refractivity contribution in [3.05, 3.63) is 34.3 Å². The van der Waals surface area contributed by atoms with Crippen molar-refractivity contribution < 1.29 is 13.2 Å². The maximum absolute atomic E-state index is 12.9. The largest absolute Gasteiger partial charge is 0.416 e. The van der Waals surface area contributed by atoms with Gasteiger partial charge < -0.3 is 5.73 Å². The minimum absolute atomic E-state index is 0.138. The van der Waals surface area contributed by atoms with Crippen LogP contribution in [0.25, 0.3) is 0 Å². The Morgan fingerprint density at radius 3 is 2.24 bits per heavy atom. The zero-order valence-corrected chi connectivity index (χ0v) is 10.2. The van der Waals surface area contributed by atoms with E-state index in [1.165, 1.54) is 12.1 Å². The van der Waals surface area contributed by atoms with E-state index >= 15 is 0 Å². The molecule has 1 nitrogen and oxygen atoms in total. The summed E-state index contributed by atoms with van der Waals surface area (Å²) in [5.74, 6) is -0.326. The van der Waals surface area contributed by atoms with E-state index in [-0.39, 0.29) is 28.0 Å². The molecule has 0 saturated heterocycles. The van der Waals surface area contributed by atoms with Gasteiger partial charge in [-0.05, 0) is 23.1 Å². The predicted molar refractivity (Wildman–Crippen MR) is 61.0 cm³/mol. The minimum Gasteiger partial charge on any atom is -0.327 e. The lowest BCUT2D eigenvalue weighted by Crippen LogP contribution is -2.11. The highest BCUT2D eigenvalue weighted by molar-refractivity contribution is 6.31. The Labute approximate surface area is 103 Å². The van der Waals surface area contributed by atoms with Crippen LogP contribution in [0.5, 0.6) is 0 Å². The molecule has 1 fully saturated rings. The molecule has 1 aliphatic carbocycles. The molecule has 0 heterocycles. The number of nitrogens with two attached hydrogens (primary N) is 1. The molecular formula is C12H13ClF3N. The van der Waals surface area contributed by atoms with Gasteiger partial charge in [-0.3, -0.25) is 0 Å². The average molecular weight is 264 g/mol. The highest BCUT2D eigenvalue weighted by Crippen LogP contribution is 2.60. The van der Waals surface area contributed by atoms with Crippen molar-refractivity contribution in [2.45, 2.75) is 32.0 Å². The zero-order chi connectivity index (χ0) is 13.0. The highest BCUT2D eigenvalue weighted by atomic mass is 35.5. The first-order valence-electron chi connectivity index (χ1n) is 5.28. The molecular weight excluding hydrogens is 251 g/mol. The Balaban J connectivity index is 2.55. The first-order chi connectivity index (χ1) is 7.67. The molecule has 94 valence electrons. The summed E-state index contributed by atoms with van der Waals surface area (Å²) in [6.07, 6.45) is -4.39. The van der Waals surface area contributed by atoms with E-state index in [0.717, 1.165) is 6.07 Å². The fourth-order valence-corrected chi connectivity index (χ4v) is 2.62. The molecule has 1 aromatic rings. The molecule has 0 radical (unpaired) electrons. The molecule has 5 heteroatoms. The predicted octanol–water partition coefficient (Wildman–Crippen LogP) is 3.81. The molecule has 0 spiro atoms. The molecule has 0 aliphatic heterocycles. The van der Waals surface area contributed by atoms with Crippen molar-refractivity contribution in [2.75, 3.05) is 0 Å². The summed E-state index contributed by atoms with van der Waals surface area (Å²) in [6, 6.07) is 3.58. The number of hydrogen-bond acceptors (Lipinski definition) is 1. The number of benzene rings is 1. The maximum atomic E-state index is 12.9. The molecule has 0 bridgehead atoms. The maximum Gasteiger partial charge on any atom is 0.416 e. The van der Waals surface area contributed by atoms with Crippen molar-refractivity contribution in [1.29, 1.82) is 0 Å². The van der Waals surface area contributed by atoms with Crippen LogP contribution in [0.2, 0.25) is 5.02 Å². The van der Waals surface area contributed by atoms with Gasteiger partial charge in [-0.2, -0.15) is 13.2 Å². The van der Waals surface area contributed by atoms with E-state index in [4.69, 9.17) is 17.3 Å². The van der Waals surface area contributed by atoms with Gasteiger partial charge in [0, 0.05) is 17.0 Å². The molecule has 0 unspecified atom stereocenters. The Kier molecular flexibility index (Phi) is 2.71. The normalized spacial score (nSPS) is 27.0. The van der Waals surface area contributed by atoms with Gasteiger partial charge in [0.1, 0.15) is 0 Å². The average Bonchev–Trinajstić information content (AvgIpc) is 2.65. The number of rotatable bonds is 1. The second-order valence-electron chi connectivity index (χ2n) is 5.02. The summed E-state index contributed by atoms with van der Waals surface area (Å²) < 4.78 is 38.7. The van der Waals surface area contributed by atoms with Crippen molar-refractivity contribution in [3.63, 3.8) is 0 Å². The fraction of sp³-hybridized carbons (Fsp3) is 0.500. The molecule has 2 atom stereocenters. The smallest absolute Gasteiger partial charge is 0.327 e. The Morgan fingerprint density at radius 1 is 1.29 bits per heavy atom. The lowest BCUT2D eigenvalue weighted by Gasteiger charge is -2.15. The molecule has 2 N–H and O–H groups in total. The zero-order valence-electron chi connectivity index (χ0n) is 9.48. The lowest BCUT2D eigenvalue weighted by molar-refractivity contribution is -0.138. The first-order valence-corrected chi connectivity index (χ1v) is 5.66. The third-order valence-corrected chi connectivity index (χ3v) is 3.91. The van der Waals surface area contributed by atoms with Crippen LogP contribution < -0.4 is 5.73 Å². The number of alkyl halides is 3. The number of hydrogen-bond donors (Lipinski definition) is 1. The lowest BCUT2D eigenvalue weighted by atomic mass is 9.97. The standard InChI is InChI=1S/C12H13ClF3N/c1-11(2)9(10(11)17)8-6(12(14,15)16)4-3-5-7(8)13/h3-5,9-10H,17H2,1-2H3/t9-,10-/m0/s1. The molecule has 0 aromatic heterocycles. The SMILES string of the molecule is CC1(C)[C@@H](N)[C@@H]1c1c(Cl)cccc1C(F)(F)F. The van der Waals surface area contributed by atoms with E-state index < -0.39 is 11.7 Å². The van der Waals surface area contributed by atoms with Crippen molar-refractivity contribution >= 4 is 11.6 Å². The molecule has 17 heavy (non-hydrogen) atoms. The fourth-order valence-electron chi connectivity index (χ4n) is 2.33.